The summed E-state index contributed by atoms with van der Waals surface area (Å²) in [5.74, 6) is -0.0752. The number of halogens is 1. The SMILES string of the molecule is CC(C)C(=O)NCCOCCOc1cc(F)ccc1-c1nnc(-c2ccc3c(c2)CCNC3)c2ccsc12. The predicted octanol–water partition coefficient (Wildman–Crippen LogP) is 4.98. The van der Waals surface area contributed by atoms with Crippen LogP contribution in [0.1, 0.15) is 25.0 Å². The molecule has 1 amide bonds. The molecule has 38 heavy (non-hydrogen) atoms. The molecule has 0 aliphatic carbocycles. The van der Waals surface area contributed by atoms with Gasteiger partial charge in [-0.25, -0.2) is 4.39 Å². The number of nitrogens with zero attached hydrogens (tertiary/aromatic N) is 2. The van der Waals surface area contributed by atoms with E-state index in [-0.39, 0.29) is 18.4 Å². The zero-order valence-corrected chi connectivity index (χ0v) is 22.4. The van der Waals surface area contributed by atoms with E-state index in [1.54, 1.807) is 17.4 Å². The number of rotatable bonds is 10. The molecule has 2 aromatic heterocycles. The van der Waals surface area contributed by atoms with Crippen LogP contribution in [0.3, 0.4) is 0 Å². The molecule has 4 aromatic rings. The summed E-state index contributed by atoms with van der Waals surface area (Å²) in [6.07, 6.45) is 0.994. The van der Waals surface area contributed by atoms with Gasteiger partial charge in [0.2, 0.25) is 5.91 Å². The van der Waals surface area contributed by atoms with E-state index in [2.05, 4.69) is 45.1 Å². The summed E-state index contributed by atoms with van der Waals surface area (Å²) in [5, 5.41) is 18.5. The highest BCUT2D eigenvalue weighted by molar-refractivity contribution is 7.17. The van der Waals surface area contributed by atoms with Crippen LogP contribution in [0.15, 0.2) is 47.8 Å². The zero-order valence-electron chi connectivity index (χ0n) is 21.6. The Balaban J connectivity index is 1.32. The molecule has 2 aromatic carbocycles. The van der Waals surface area contributed by atoms with Gasteiger partial charge >= 0.3 is 0 Å². The monoisotopic (exact) mass is 534 g/mol. The number of thiophene rings is 1. The first kappa shape index (κ1) is 26.2. The van der Waals surface area contributed by atoms with Crippen LogP contribution < -0.4 is 15.4 Å². The van der Waals surface area contributed by atoms with Crippen molar-refractivity contribution >= 4 is 27.3 Å². The topological polar surface area (TPSA) is 85.4 Å². The number of fused-ring (bicyclic) bond motifs is 2. The van der Waals surface area contributed by atoms with E-state index >= 15 is 0 Å². The van der Waals surface area contributed by atoms with Crippen molar-refractivity contribution in [2.24, 2.45) is 5.92 Å². The first-order chi connectivity index (χ1) is 18.5. The Morgan fingerprint density at radius 2 is 1.95 bits per heavy atom. The van der Waals surface area contributed by atoms with Gasteiger partial charge in [-0.1, -0.05) is 26.0 Å². The summed E-state index contributed by atoms with van der Waals surface area (Å²) in [6, 6.07) is 13.0. The standard InChI is InChI=1S/C29H31FN4O3S/c1-18(2)29(35)32-10-11-36-12-13-37-25-16-22(30)5-6-23(25)27-28-24(8-14-38-28)26(33-34-27)20-3-4-21-17-31-9-7-19(21)15-20/h3-6,8,14-16,18,31H,7,9-13,17H2,1-2H3,(H,32,35). The Bertz CT molecular complexity index is 1440. The van der Waals surface area contributed by atoms with Gasteiger partial charge in [0, 0.05) is 41.6 Å². The Kier molecular flexibility index (Phi) is 8.26. The molecule has 0 spiro atoms. The summed E-state index contributed by atoms with van der Waals surface area (Å²) < 4.78 is 26.6. The average molecular weight is 535 g/mol. The van der Waals surface area contributed by atoms with Crippen molar-refractivity contribution in [1.29, 1.82) is 0 Å². The summed E-state index contributed by atoms with van der Waals surface area (Å²) in [5.41, 5.74) is 5.89. The molecule has 0 fully saturated rings. The molecule has 0 saturated heterocycles. The van der Waals surface area contributed by atoms with Crippen molar-refractivity contribution in [2.45, 2.75) is 26.8 Å². The third-order valence-electron chi connectivity index (χ3n) is 6.51. The van der Waals surface area contributed by atoms with Gasteiger partial charge in [0.1, 0.15) is 29.6 Å². The number of ether oxygens (including phenoxy) is 2. The van der Waals surface area contributed by atoms with Gasteiger partial charge in [-0.2, -0.15) is 0 Å². The number of hydrogen-bond donors (Lipinski definition) is 2. The Labute approximate surface area is 225 Å². The Morgan fingerprint density at radius 3 is 2.82 bits per heavy atom. The maximum atomic E-state index is 14.2. The van der Waals surface area contributed by atoms with Crippen molar-refractivity contribution < 1.29 is 18.7 Å². The fourth-order valence-corrected chi connectivity index (χ4v) is 5.36. The predicted molar refractivity (Wildman–Crippen MR) is 148 cm³/mol. The summed E-state index contributed by atoms with van der Waals surface area (Å²) >= 11 is 1.58. The second-order valence-electron chi connectivity index (χ2n) is 9.52. The highest BCUT2D eigenvalue weighted by Gasteiger charge is 2.19. The minimum Gasteiger partial charge on any atom is -0.490 e. The van der Waals surface area contributed by atoms with Crippen molar-refractivity contribution in [3.63, 3.8) is 0 Å². The fourth-order valence-electron chi connectivity index (χ4n) is 4.47. The molecule has 2 N–H and O–H groups in total. The minimum absolute atomic E-state index is 0.00908. The van der Waals surface area contributed by atoms with E-state index < -0.39 is 5.82 Å². The first-order valence-electron chi connectivity index (χ1n) is 12.9. The average Bonchev–Trinajstić information content (AvgIpc) is 3.42. The Morgan fingerprint density at radius 1 is 1.08 bits per heavy atom. The number of benzene rings is 2. The van der Waals surface area contributed by atoms with Crippen molar-refractivity contribution in [2.75, 3.05) is 32.9 Å². The van der Waals surface area contributed by atoms with Crippen LogP contribution in [0.25, 0.3) is 32.6 Å². The van der Waals surface area contributed by atoms with Gasteiger partial charge in [-0.05, 0) is 53.7 Å². The van der Waals surface area contributed by atoms with Gasteiger partial charge < -0.3 is 20.1 Å². The van der Waals surface area contributed by atoms with E-state index in [1.165, 1.54) is 23.3 Å². The van der Waals surface area contributed by atoms with Crippen molar-refractivity contribution in [3.05, 3.63) is 64.8 Å². The normalized spacial score (nSPS) is 13.1. The molecule has 1 aliphatic rings. The first-order valence-corrected chi connectivity index (χ1v) is 13.7. The van der Waals surface area contributed by atoms with Crippen LogP contribution in [0.4, 0.5) is 4.39 Å². The lowest BCUT2D eigenvalue weighted by Gasteiger charge is -2.18. The quantitative estimate of drug-likeness (QED) is 0.279. The van der Waals surface area contributed by atoms with E-state index in [0.717, 1.165) is 40.9 Å². The van der Waals surface area contributed by atoms with Gasteiger partial charge in [-0.15, -0.1) is 21.5 Å². The highest BCUT2D eigenvalue weighted by Crippen LogP contribution is 2.39. The molecule has 198 valence electrons. The van der Waals surface area contributed by atoms with Gasteiger partial charge in [0.25, 0.3) is 0 Å². The van der Waals surface area contributed by atoms with E-state index in [9.17, 15) is 9.18 Å². The maximum absolute atomic E-state index is 14.2. The molecule has 0 atom stereocenters. The van der Waals surface area contributed by atoms with E-state index in [4.69, 9.17) is 9.47 Å². The number of aromatic nitrogens is 2. The summed E-state index contributed by atoms with van der Waals surface area (Å²) in [6.45, 7) is 6.89. The van der Waals surface area contributed by atoms with Crippen molar-refractivity contribution in [1.82, 2.24) is 20.8 Å². The van der Waals surface area contributed by atoms with Crippen LogP contribution in [0.2, 0.25) is 0 Å². The number of amides is 1. The van der Waals surface area contributed by atoms with Crippen LogP contribution in [0.5, 0.6) is 5.75 Å². The lowest BCUT2D eigenvalue weighted by Crippen LogP contribution is -2.31. The largest absolute Gasteiger partial charge is 0.490 e. The van der Waals surface area contributed by atoms with Gasteiger partial charge in [0.05, 0.1) is 17.9 Å². The zero-order chi connectivity index (χ0) is 26.5. The van der Waals surface area contributed by atoms with Gasteiger partial charge in [0.15, 0.2) is 0 Å². The highest BCUT2D eigenvalue weighted by atomic mass is 32.1. The molecular formula is C29H31FN4O3S. The third kappa shape index (κ3) is 5.85. The molecule has 1 aliphatic heterocycles. The summed E-state index contributed by atoms with van der Waals surface area (Å²) in [4.78, 5) is 11.6. The molecule has 5 rings (SSSR count). The molecule has 9 heteroatoms. The Hall–Kier alpha value is -3.40. The third-order valence-corrected chi connectivity index (χ3v) is 7.43. The number of carbonyl (C=O) groups is 1. The van der Waals surface area contributed by atoms with Crippen LogP contribution >= 0.6 is 11.3 Å². The second kappa shape index (κ2) is 12.0. The molecular weight excluding hydrogens is 503 g/mol. The second-order valence-corrected chi connectivity index (χ2v) is 10.4. The number of hydrogen-bond acceptors (Lipinski definition) is 7. The molecule has 3 heterocycles. The molecule has 0 unspecified atom stereocenters. The van der Waals surface area contributed by atoms with E-state index in [1.807, 2.05) is 19.2 Å². The molecule has 0 saturated carbocycles. The fraction of sp³-hybridized carbons (Fsp3) is 0.345. The van der Waals surface area contributed by atoms with Crippen LogP contribution in [-0.4, -0.2) is 49.0 Å². The van der Waals surface area contributed by atoms with Crippen LogP contribution in [0, 0.1) is 11.7 Å². The smallest absolute Gasteiger partial charge is 0.222 e. The molecule has 7 nitrogen and oxygen atoms in total. The lowest BCUT2D eigenvalue weighted by atomic mass is 9.96. The molecule has 0 bridgehead atoms. The number of nitrogens with one attached hydrogen (secondary N) is 2. The molecule has 0 radical (unpaired) electrons. The van der Waals surface area contributed by atoms with Crippen molar-refractivity contribution in [3.8, 4) is 28.3 Å². The number of carbonyl (C=O) groups excluding carboxylic acids is 1. The van der Waals surface area contributed by atoms with Gasteiger partial charge in [-0.3, -0.25) is 4.79 Å². The maximum Gasteiger partial charge on any atom is 0.222 e. The lowest BCUT2D eigenvalue weighted by molar-refractivity contribution is -0.124. The van der Waals surface area contributed by atoms with Crippen LogP contribution in [-0.2, 0) is 22.5 Å². The minimum atomic E-state index is -0.392. The van der Waals surface area contributed by atoms with E-state index in [0.29, 0.717) is 36.8 Å². The summed E-state index contributed by atoms with van der Waals surface area (Å²) in [7, 11) is 0.